The van der Waals surface area contributed by atoms with Gasteiger partial charge in [-0.1, -0.05) is 18.2 Å². The summed E-state index contributed by atoms with van der Waals surface area (Å²) < 4.78 is 7.36. The quantitative estimate of drug-likeness (QED) is 0.454. The summed E-state index contributed by atoms with van der Waals surface area (Å²) in [6, 6.07) is 15.0. The summed E-state index contributed by atoms with van der Waals surface area (Å²) >= 11 is 6.78. The van der Waals surface area contributed by atoms with Crippen LogP contribution in [0.2, 0.25) is 0 Å². The maximum absolute atomic E-state index is 12.2. The molecule has 31 heavy (non-hydrogen) atoms. The molecule has 1 aromatic heterocycles. The predicted molar refractivity (Wildman–Crippen MR) is 128 cm³/mol. The number of aromatic nitrogens is 1. The lowest BCUT2D eigenvalue weighted by atomic mass is 10.1. The van der Waals surface area contributed by atoms with Crippen molar-refractivity contribution in [1.29, 1.82) is 0 Å². The Morgan fingerprint density at radius 1 is 1.26 bits per heavy atom. The second-order valence-electron chi connectivity index (χ2n) is 6.96. The number of ether oxygens (including phenoxy) is 1. The molecular weight excluding hydrogens is 430 g/mol. The van der Waals surface area contributed by atoms with Crippen LogP contribution in [0.3, 0.4) is 0 Å². The minimum atomic E-state index is -0.0903. The van der Waals surface area contributed by atoms with Gasteiger partial charge in [0.15, 0.2) is 3.95 Å². The van der Waals surface area contributed by atoms with Crippen LogP contribution in [0.4, 0.5) is 11.4 Å². The number of nitrogens with one attached hydrogen (secondary N) is 1. The Kier molecular flexibility index (Phi) is 6.29. The number of aliphatic imine (C=N–C) groups is 1. The number of para-hydroxylation sites is 1. The molecule has 0 aliphatic carbocycles. The molecule has 4 rings (SSSR count). The number of amides is 1. The van der Waals surface area contributed by atoms with E-state index >= 15 is 0 Å². The summed E-state index contributed by atoms with van der Waals surface area (Å²) in [5, 5.41) is 13.5. The number of allylic oxidation sites excluding steroid dienone is 1. The van der Waals surface area contributed by atoms with Gasteiger partial charge in [0.25, 0.3) is 0 Å². The Balaban J connectivity index is 1.38. The largest absolute Gasteiger partial charge is 0.497 e. The highest BCUT2D eigenvalue weighted by atomic mass is 32.1. The number of methoxy groups -OCH3 is 1. The molecule has 8 heteroatoms. The summed E-state index contributed by atoms with van der Waals surface area (Å²) in [6.45, 7) is 0.463. The van der Waals surface area contributed by atoms with Crippen LogP contribution >= 0.6 is 23.6 Å². The summed E-state index contributed by atoms with van der Waals surface area (Å²) in [7, 11) is 1.60. The average molecular weight is 452 g/mol. The molecule has 2 N–H and O–H groups in total. The van der Waals surface area contributed by atoms with E-state index in [0.717, 1.165) is 22.6 Å². The Bertz CT molecular complexity index is 1220. The van der Waals surface area contributed by atoms with Crippen molar-refractivity contribution >= 4 is 58.7 Å². The molecule has 1 aliphatic heterocycles. The van der Waals surface area contributed by atoms with Crippen molar-refractivity contribution in [3.05, 3.63) is 62.9 Å². The molecule has 0 spiro atoms. The van der Waals surface area contributed by atoms with Gasteiger partial charge in [-0.2, -0.15) is 0 Å². The lowest BCUT2D eigenvalue weighted by Crippen LogP contribution is -2.12. The molecule has 3 aromatic rings. The number of nitrogens with zero attached hydrogens (tertiary/aromatic N) is 2. The van der Waals surface area contributed by atoms with E-state index in [1.165, 1.54) is 11.3 Å². The van der Waals surface area contributed by atoms with E-state index in [0.29, 0.717) is 33.9 Å². The standard InChI is InChI=1S/C23H21N3O3S2/c1-29-17-10-8-16(9-11-17)25-21(27)7-4-12-26-22(28)20(31-23(26)30)13-15-14-24-19-6-3-2-5-18(15)19/h2-3,5-6,8-11,13-14,28H,4,7,12H2,1H3,(H,25,27)/b15-13+. The topological polar surface area (TPSA) is 75.8 Å². The van der Waals surface area contributed by atoms with Gasteiger partial charge in [0.05, 0.1) is 17.7 Å². The summed E-state index contributed by atoms with van der Waals surface area (Å²) in [5.74, 6) is 0.766. The van der Waals surface area contributed by atoms with Gasteiger partial charge in [0.1, 0.15) is 5.75 Å². The molecule has 0 fully saturated rings. The molecule has 0 bridgehead atoms. The van der Waals surface area contributed by atoms with Crippen LogP contribution in [0.5, 0.6) is 11.6 Å². The van der Waals surface area contributed by atoms with Crippen LogP contribution in [0, 0.1) is 3.95 Å². The van der Waals surface area contributed by atoms with E-state index in [2.05, 4.69) is 10.3 Å². The first kappa shape index (κ1) is 21.0. The zero-order valence-corrected chi connectivity index (χ0v) is 18.5. The highest BCUT2D eigenvalue weighted by Crippen LogP contribution is 2.35. The number of hydrogen-bond donors (Lipinski definition) is 2. The van der Waals surface area contributed by atoms with E-state index < -0.39 is 0 Å². The summed E-state index contributed by atoms with van der Waals surface area (Å²) in [6.07, 6.45) is 4.57. The van der Waals surface area contributed by atoms with Crippen LogP contribution in [-0.4, -0.2) is 28.9 Å². The average Bonchev–Trinajstić information content (AvgIpc) is 3.30. The molecule has 0 saturated heterocycles. The number of rotatable bonds is 7. The van der Waals surface area contributed by atoms with Crippen molar-refractivity contribution in [3.63, 3.8) is 0 Å². The second-order valence-corrected chi connectivity index (χ2v) is 8.64. The maximum atomic E-state index is 12.2. The van der Waals surface area contributed by atoms with E-state index in [-0.39, 0.29) is 11.8 Å². The van der Waals surface area contributed by atoms with Gasteiger partial charge in [-0.05, 0) is 55.0 Å². The van der Waals surface area contributed by atoms with Gasteiger partial charge in [-0.25, -0.2) is 0 Å². The maximum Gasteiger partial charge on any atom is 0.224 e. The first-order chi connectivity index (χ1) is 15.0. The normalized spacial score (nSPS) is 13.4. The second kappa shape index (κ2) is 9.28. The lowest BCUT2D eigenvalue weighted by molar-refractivity contribution is -0.116. The molecule has 1 aliphatic rings. The fourth-order valence-electron chi connectivity index (χ4n) is 3.30. The molecular formula is C23H21N3O3S2. The Hall–Kier alpha value is -3.23. The molecule has 0 unspecified atom stereocenters. The molecule has 2 aromatic carbocycles. The van der Waals surface area contributed by atoms with Gasteiger partial charge in [0.2, 0.25) is 11.8 Å². The summed E-state index contributed by atoms with van der Waals surface area (Å²) in [4.78, 5) is 17.3. The SMILES string of the molecule is COc1ccc(NC(=O)CCCn2c(O)c(/C=C3\C=Nc4ccccc43)sc2=S)cc1. The van der Waals surface area contributed by atoms with Crippen LogP contribution in [0.25, 0.3) is 11.6 Å². The van der Waals surface area contributed by atoms with Crippen LogP contribution in [-0.2, 0) is 11.3 Å². The number of carbonyl (C=O) groups excluding carboxylic acids is 1. The minimum Gasteiger partial charge on any atom is -0.497 e. The van der Waals surface area contributed by atoms with Crippen LogP contribution in [0.1, 0.15) is 23.3 Å². The third-order valence-corrected chi connectivity index (χ3v) is 6.28. The van der Waals surface area contributed by atoms with Gasteiger partial charge in [-0.15, -0.1) is 11.3 Å². The highest BCUT2D eigenvalue weighted by Gasteiger charge is 2.15. The molecule has 158 valence electrons. The third kappa shape index (κ3) is 4.76. The Morgan fingerprint density at radius 2 is 2.03 bits per heavy atom. The molecule has 1 amide bonds. The Labute approximate surface area is 189 Å². The number of aromatic hydroxyl groups is 1. The predicted octanol–water partition coefficient (Wildman–Crippen LogP) is 5.67. The van der Waals surface area contributed by atoms with E-state index in [4.69, 9.17) is 17.0 Å². The summed E-state index contributed by atoms with van der Waals surface area (Å²) in [5.41, 5.74) is 3.60. The molecule has 6 nitrogen and oxygen atoms in total. The smallest absolute Gasteiger partial charge is 0.224 e. The van der Waals surface area contributed by atoms with Crippen molar-refractivity contribution in [2.75, 3.05) is 12.4 Å². The zero-order valence-electron chi connectivity index (χ0n) is 16.9. The minimum absolute atomic E-state index is 0.0903. The number of hydrogen-bond acceptors (Lipinski definition) is 6. The Morgan fingerprint density at radius 3 is 2.81 bits per heavy atom. The van der Waals surface area contributed by atoms with E-state index in [1.54, 1.807) is 42.2 Å². The van der Waals surface area contributed by atoms with Crippen molar-refractivity contribution in [2.45, 2.75) is 19.4 Å². The van der Waals surface area contributed by atoms with Gasteiger partial charge >= 0.3 is 0 Å². The van der Waals surface area contributed by atoms with Crippen molar-refractivity contribution in [3.8, 4) is 11.6 Å². The monoisotopic (exact) mass is 451 g/mol. The van der Waals surface area contributed by atoms with Gasteiger partial charge in [-0.3, -0.25) is 14.4 Å². The van der Waals surface area contributed by atoms with Gasteiger partial charge in [0, 0.05) is 36.0 Å². The molecule has 2 heterocycles. The van der Waals surface area contributed by atoms with Gasteiger partial charge < -0.3 is 15.2 Å². The molecule has 0 radical (unpaired) electrons. The number of thiazole rings is 1. The fraction of sp³-hybridized carbons (Fsp3) is 0.174. The van der Waals surface area contributed by atoms with Crippen LogP contribution < -0.4 is 10.1 Å². The van der Waals surface area contributed by atoms with Crippen molar-refractivity contribution in [2.24, 2.45) is 4.99 Å². The van der Waals surface area contributed by atoms with Crippen molar-refractivity contribution in [1.82, 2.24) is 4.57 Å². The van der Waals surface area contributed by atoms with Crippen LogP contribution in [0.15, 0.2) is 53.5 Å². The third-order valence-electron chi connectivity index (χ3n) is 4.90. The lowest BCUT2D eigenvalue weighted by Gasteiger charge is -2.07. The highest BCUT2D eigenvalue weighted by molar-refractivity contribution is 7.73. The number of carbonyl (C=O) groups is 1. The molecule has 0 atom stereocenters. The van der Waals surface area contributed by atoms with E-state index in [9.17, 15) is 9.90 Å². The zero-order chi connectivity index (χ0) is 21.8. The van der Waals surface area contributed by atoms with Crippen molar-refractivity contribution < 1.29 is 14.6 Å². The molecule has 0 saturated carbocycles. The fourth-order valence-corrected chi connectivity index (χ4v) is 4.61. The first-order valence-electron chi connectivity index (χ1n) is 9.77. The van der Waals surface area contributed by atoms with E-state index in [1.807, 2.05) is 30.3 Å². The number of benzene rings is 2. The first-order valence-corrected chi connectivity index (χ1v) is 11.0. The number of fused-ring (bicyclic) bond motifs is 1. The number of anilines is 1.